The Labute approximate surface area is 152 Å². The summed E-state index contributed by atoms with van der Waals surface area (Å²) in [6.45, 7) is 0.198. The first kappa shape index (κ1) is 20.9. The van der Waals surface area contributed by atoms with E-state index in [1.807, 2.05) is 0 Å². The topological polar surface area (TPSA) is 127 Å². The average Bonchev–Trinajstić information content (AvgIpc) is 2.92. The van der Waals surface area contributed by atoms with E-state index in [-0.39, 0.29) is 22.5 Å². The summed E-state index contributed by atoms with van der Waals surface area (Å²) in [6, 6.07) is 0.319. The summed E-state index contributed by atoms with van der Waals surface area (Å²) in [7, 11) is -3.32. The molecule has 2 heterocycles. The number of aryl methyl sites for hydroxylation is 1. The molecule has 0 spiro atoms. The monoisotopic (exact) mass is 406 g/mol. The molecule has 0 radical (unpaired) electrons. The highest BCUT2D eigenvalue weighted by atomic mass is 32.2. The number of hydrogen-bond donors (Lipinski definition) is 3. The van der Waals surface area contributed by atoms with Crippen LogP contribution in [0.25, 0.3) is 11.1 Å². The lowest BCUT2D eigenvalue weighted by molar-refractivity contribution is -0.147. The van der Waals surface area contributed by atoms with E-state index in [1.54, 1.807) is 4.72 Å². The number of aliphatic hydroxyl groups excluding tert-OH is 1. The second-order valence-electron chi connectivity index (χ2n) is 5.77. The van der Waals surface area contributed by atoms with E-state index in [0.717, 1.165) is 10.8 Å². The maximum atomic E-state index is 12.8. The highest BCUT2D eigenvalue weighted by Gasteiger charge is 2.40. The Bertz CT molecular complexity index is 970. The fourth-order valence-corrected chi connectivity index (χ4v) is 3.97. The summed E-state index contributed by atoms with van der Waals surface area (Å²) in [4.78, 5) is 15.1. The Morgan fingerprint density at radius 1 is 1.44 bits per heavy atom. The summed E-state index contributed by atoms with van der Waals surface area (Å²) in [5, 5.41) is 9.22. The highest BCUT2D eigenvalue weighted by molar-refractivity contribution is 7.89. The highest BCUT2D eigenvalue weighted by Crippen LogP contribution is 2.33. The van der Waals surface area contributed by atoms with Gasteiger partial charge in [-0.25, -0.2) is 8.42 Å². The smallest absolute Gasteiger partial charge is 0.390 e. The summed E-state index contributed by atoms with van der Waals surface area (Å²) in [5.41, 5.74) is 5.26. The van der Waals surface area contributed by atoms with Gasteiger partial charge in [0.15, 0.2) is 0 Å². The van der Waals surface area contributed by atoms with Gasteiger partial charge in [0.25, 0.3) is 5.91 Å². The van der Waals surface area contributed by atoms with Crippen molar-refractivity contribution in [1.29, 1.82) is 0 Å². The first-order chi connectivity index (χ1) is 12.4. The van der Waals surface area contributed by atoms with Crippen molar-refractivity contribution in [2.75, 3.05) is 0 Å². The van der Waals surface area contributed by atoms with Gasteiger partial charge in [-0.2, -0.15) is 17.9 Å². The van der Waals surface area contributed by atoms with Crippen LogP contribution in [0.5, 0.6) is 0 Å². The van der Waals surface area contributed by atoms with Gasteiger partial charge in [-0.3, -0.25) is 9.78 Å². The van der Waals surface area contributed by atoms with E-state index in [4.69, 9.17) is 5.73 Å². The van der Waals surface area contributed by atoms with Crippen molar-refractivity contribution >= 4 is 15.9 Å². The van der Waals surface area contributed by atoms with Crippen LogP contribution in [0.15, 0.2) is 29.4 Å². The molecule has 8 nitrogen and oxygen atoms in total. The van der Waals surface area contributed by atoms with E-state index in [9.17, 15) is 31.5 Å². The van der Waals surface area contributed by atoms with E-state index < -0.39 is 39.7 Å². The van der Waals surface area contributed by atoms with Gasteiger partial charge in [0.05, 0.1) is 12.3 Å². The van der Waals surface area contributed by atoms with Crippen LogP contribution < -0.4 is 10.5 Å². The maximum Gasteiger partial charge on any atom is 0.404 e. The second kappa shape index (κ2) is 7.29. The van der Waals surface area contributed by atoms with Crippen molar-refractivity contribution in [2.24, 2.45) is 12.8 Å². The number of aromatic nitrogens is 2. The third-order valence-corrected chi connectivity index (χ3v) is 5.31. The van der Waals surface area contributed by atoms with E-state index in [0.29, 0.717) is 6.92 Å². The normalized spacial score (nSPS) is 13.6. The number of primary amides is 1. The van der Waals surface area contributed by atoms with Crippen LogP contribution in [-0.4, -0.2) is 41.2 Å². The van der Waals surface area contributed by atoms with Crippen LogP contribution in [0.3, 0.4) is 0 Å². The minimum Gasteiger partial charge on any atom is -0.390 e. The Balaban J connectivity index is 2.71. The van der Waals surface area contributed by atoms with Crippen LogP contribution in [0.4, 0.5) is 13.2 Å². The lowest BCUT2D eigenvalue weighted by atomic mass is 10.1. The van der Waals surface area contributed by atoms with Crippen LogP contribution in [0.1, 0.15) is 23.1 Å². The summed E-state index contributed by atoms with van der Waals surface area (Å²) < 4.78 is 66.2. The molecular formula is C15H17F3N4O4S. The molecule has 0 aliphatic heterocycles. The Hall–Kier alpha value is -2.44. The number of nitrogens with zero attached hydrogens (tertiary/aromatic N) is 2. The van der Waals surface area contributed by atoms with Crippen molar-refractivity contribution < 1.29 is 31.5 Å². The molecule has 2 rings (SSSR count). The molecule has 2 aromatic heterocycles. The second-order valence-corrected chi connectivity index (χ2v) is 7.45. The standard InChI is InChI=1S/C15H17F3N4O4S/c1-8(15(16,17)18)21-27(25,26)11-6-22(2)13(14(19)24)12(11)9-3-4-20-10(5-9)7-23/h3-6,8,21,23H,7H2,1-2H3,(H2,19,24)/t8-/m1/s1. The summed E-state index contributed by atoms with van der Waals surface area (Å²) >= 11 is 0. The lowest BCUT2D eigenvalue weighted by Crippen LogP contribution is -2.43. The molecule has 0 saturated heterocycles. The van der Waals surface area contributed by atoms with Crippen LogP contribution in [0, 0.1) is 0 Å². The number of carbonyl (C=O) groups excluding carboxylic acids is 1. The predicted octanol–water partition coefficient (Wildman–Crippen LogP) is 0.907. The number of carbonyl (C=O) groups is 1. The molecule has 0 aliphatic rings. The van der Waals surface area contributed by atoms with Crippen LogP contribution in [-0.2, 0) is 23.7 Å². The van der Waals surface area contributed by atoms with Crippen molar-refractivity contribution in [3.05, 3.63) is 35.9 Å². The van der Waals surface area contributed by atoms with Crippen molar-refractivity contribution in [2.45, 2.75) is 30.6 Å². The van der Waals surface area contributed by atoms with E-state index >= 15 is 0 Å². The predicted molar refractivity (Wildman–Crippen MR) is 88.9 cm³/mol. The fraction of sp³-hybridized carbons (Fsp3) is 0.333. The zero-order valence-electron chi connectivity index (χ0n) is 14.3. The number of nitrogens with one attached hydrogen (secondary N) is 1. The molecule has 27 heavy (non-hydrogen) atoms. The van der Waals surface area contributed by atoms with Gasteiger partial charge in [0, 0.05) is 25.0 Å². The van der Waals surface area contributed by atoms with Gasteiger partial charge >= 0.3 is 6.18 Å². The zero-order valence-corrected chi connectivity index (χ0v) is 15.1. The first-order valence-corrected chi connectivity index (χ1v) is 9.01. The molecule has 0 saturated carbocycles. The zero-order chi connectivity index (χ0) is 20.6. The number of rotatable bonds is 6. The minimum absolute atomic E-state index is 0.156. The van der Waals surface area contributed by atoms with Crippen LogP contribution in [0.2, 0.25) is 0 Å². The van der Waals surface area contributed by atoms with Gasteiger partial charge in [-0.15, -0.1) is 0 Å². The van der Waals surface area contributed by atoms with Crippen LogP contribution >= 0.6 is 0 Å². The quantitative estimate of drug-likeness (QED) is 0.657. The number of sulfonamides is 1. The summed E-state index contributed by atoms with van der Waals surface area (Å²) in [6.07, 6.45) is -2.53. The van der Waals surface area contributed by atoms with Gasteiger partial charge < -0.3 is 15.4 Å². The number of alkyl halides is 3. The molecule has 12 heteroatoms. The third-order valence-electron chi connectivity index (χ3n) is 3.76. The van der Waals surface area contributed by atoms with Gasteiger partial charge in [-0.1, -0.05) is 0 Å². The fourth-order valence-electron chi connectivity index (χ4n) is 2.46. The molecule has 1 atom stereocenters. The molecular weight excluding hydrogens is 389 g/mol. The molecule has 0 aliphatic carbocycles. The Morgan fingerprint density at radius 2 is 2.07 bits per heavy atom. The molecule has 4 N–H and O–H groups in total. The number of nitrogens with two attached hydrogens (primary N) is 1. The first-order valence-electron chi connectivity index (χ1n) is 7.52. The molecule has 0 fully saturated rings. The minimum atomic E-state index is -4.80. The van der Waals surface area contributed by atoms with Crippen molar-refractivity contribution in [3.63, 3.8) is 0 Å². The van der Waals surface area contributed by atoms with Gasteiger partial charge in [0.2, 0.25) is 10.0 Å². The molecule has 2 aromatic rings. The van der Waals surface area contributed by atoms with E-state index in [1.165, 1.54) is 25.4 Å². The average molecular weight is 406 g/mol. The molecule has 148 valence electrons. The third kappa shape index (κ3) is 4.28. The Morgan fingerprint density at radius 3 is 2.59 bits per heavy atom. The summed E-state index contributed by atoms with van der Waals surface area (Å²) in [5.74, 6) is -0.972. The number of pyridine rings is 1. The van der Waals surface area contributed by atoms with Gasteiger partial charge in [-0.05, 0) is 24.6 Å². The van der Waals surface area contributed by atoms with Gasteiger partial charge in [0.1, 0.15) is 16.6 Å². The molecule has 1 amide bonds. The molecule has 0 bridgehead atoms. The molecule has 0 aromatic carbocycles. The number of aliphatic hydroxyl groups is 1. The Kier molecular flexibility index (Phi) is 5.63. The SMILES string of the molecule is C[C@@H](NS(=O)(=O)c1cn(C)c(C(N)=O)c1-c1ccnc(CO)c1)C(F)(F)F. The van der Waals surface area contributed by atoms with Crippen molar-refractivity contribution in [1.82, 2.24) is 14.3 Å². The largest absolute Gasteiger partial charge is 0.404 e. The number of halogens is 3. The number of amides is 1. The van der Waals surface area contributed by atoms with Crippen molar-refractivity contribution in [3.8, 4) is 11.1 Å². The van der Waals surface area contributed by atoms with E-state index in [2.05, 4.69) is 4.98 Å². The molecule has 0 unspecified atom stereocenters. The number of hydrogen-bond acceptors (Lipinski definition) is 5. The lowest BCUT2D eigenvalue weighted by Gasteiger charge is -2.17. The maximum absolute atomic E-state index is 12.8.